The SMILES string of the molecule is Cc1ccc(C(CNC(=O)NC(C)c2cc(F)c(Cl)cc2Cl)N2CCOCC2)o1. The van der Waals surface area contributed by atoms with Crippen molar-refractivity contribution in [2.75, 3.05) is 32.8 Å². The fourth-order valence-corrected chi connectivity index (χ4v) is 3.86. The van der Waals surface area contributed by atoms with Crippen LogP contribution in [-0.2, 0) is 4.74 Å². The van der Waals surface area contributed by atoms with Gasteiger partial charge in [-0.3, -0.25) is 4.90 Å². The third-order valence-electron chi connectivity index (χ3n) is 4.89. The summed E-state index contributed by atoms with van der Waals surface area (Å²) in [4.78, 5) is 14.7. The molecule has 0 bridgehead atoms. The van der Waals surface area contributed by atoms with E-state index in [0.717, 1.165) is 24.6 Å². The van der Waals surface area contributed by atoms with Gasteiger partial charge in [-0.1, -0.05) is 23.2 Å². The van der Waals surface area contributed by atoms with Gasteiger partial charge in [0, 0.05) is 24.7 Å². The number of hydrogen-bond acceptors (Lipinski definition) is 4. The summed E-state index contributed by atoms with van der Waals surface area (Å²) in [5.74, 6) is 1.03. The van der Waals surface area contributed by atoms with Gasteiger partial charge in [0.15, 0.2) is 0 Å². The molecular formula is C20H24Cl2FN3O3. The largest absolute Gasteiger partial charge is 0.465 e. The molecule has 2 unspecified atom stereocenters. The molecule has 0 radical (unpaired) electrons. The van der Waals surface area contributed by atoms with Crippen LogP contribution in [0.2, 0.25) is 10.0 Å². The number of rotatable bonds is 6. The van der Waals surface area contributed by atoms with E-state index in [9.17, 15) is 9.18 Å². The Bertz CT molecular complexity index is 855. The second kappa shape index (κ2) is 9.80. The summed E-state index contributed by atoms with van der Waals surface area (Å²) in [6.07, 6.45) is 0. The summed E-state index contributed by atoms with van der Waals surface area (Å²) in [5.41, 5.74) is 0.454. The molecule has 2 atom stereocenters. The zero-order valence-electron chi connectivity index (χ0n) is 16.3. The molecule has 6 nitrogen and oxygen atoms in total. The van der Waals surface area contributed by atoms with Crippen LogP contribution in [0, 0.1) is 12.7 Å². The van der Waals surface area contributed by atoms with Gasteiger partial charge in [0.25, 0.3) is 0 Å². The van der Waals surface area contributed by atoms with Gasteiger partial charge in [0.1, 0.15) is 17.3 Å². The normalized spacial score (nSPS) is 17.0. The molecule has 0 spiro atoms. The minimum absolute atomic E-state index is 0.0579. The summed E-state index contributed by atoms with van der Waals surface area (Å²) in [6, 6.07) is 5.41. The first kappa shape index (κ1) is 21.9. The molecule has 2 heterocycles. The molecule has 2 amide bonds. The molecule has 2 aromatic rings. The number of aryl methyl sites for hydroxylation is 1. The highest BCUT2D eigenvalue weighted by Gasteiger charge is 2.26. The van der Waals surface area contributed by atoms with Crippen LogP contribution in [0.5, 0.6) is 0 Å². The van der Waals surface area contributed by atoms with Crippen LogP contribution in [0.15, 0.2) is 28.7 Å². The topological polar surface area (TPSA) is 66.7 Å². The number of morpholine rings is 1. The Balaban J connectivity index is 1.63. The van der Waals surface area contributed by atoms with Gasteiger partial charge in [-0.2, -0.15) is 0 Å². The maximum atomic E-state index is 13.8. The average molecular weight is 444 g/mol. The predicted molar refractivity (Wildman–Crippen MR) is 110 cm³/mol. The quantitative estimate of drug-likeness (QED) is 0.646. The molecular weight excluding hydrogens is 420 g/mol. The third-order valence-corrected chi connectivity index (χ3v) is 5.50. The Kier molecular flexibility index (Phi) is 7.40. The van der Waals surface area contributed by atoms with E-state index in [1.54, 1.807) is 6.92 Å². The van der Waals surface area contributed by atoms with Crippen molar-refractivity contribution in [3.63, 3.8) is 0 Å². The molecule has 0 aliphatic carbocycles. The number of furan rings is 1. The van der Waals surface area contributed by atoms with E-state index in [1.165, 1.54) is 12.1 Å². The lowest BCUT2D eigenvalue weighted by Gasteiger charge is -2.33. The van der Waals surface area contributed by atoms with Gasteiger partial charge in [0.2, 0.25) is 0 Å². The number of halogens is 3. The van der Waals surface area contributed by atoms with Crippen molar-refractivity contribution in [3.05, 3.63) is 57.2 Å². The second-order valence-corrected chi connectivity index (χ2v) is 7.79. The molecule has 0 saturated carbocycles. The van der Waals surface area contributed by atoms with E-state index in [4.69, 9.17) is 32.4 Å². The monoisotopic (exact) mass is 443 g/mol. The van der Waals surface area contributed by atoms with Crippen LogP contribution < -0.4 is 10.6 Å². The molecule has 1 aromatic carbocycles. The molecule has 158 valence electrons. The van der Waals surface area contributed by atoms with Crippen molar-refractivity contribution >= 4 is 29.2 Å². The van der Waals surface area contributed by atoms with Crippen LogP contribution in [0.4, 0.5) is 9.18 Å². The zero-order chi connectivity index (χ0) is 21.0. The number of nitrogens with one attached hydrogen (secondary N) is 2. The summed E-state index contributed by atoms with van der Waals surface area (Å²) in [6.45, 7) is 6.75. The highest BCUT2D eigenvalue weighted by molar-refractivity contribution is 6.35. The maximum Gasteiger partial charge on any atom is 0.315 e. The van der Waals surface area contributed by atoms with Gasteiger partial charge in [-0.15, -0.1) is 0 Å². The molecule has 2 N–H and O–H groups in total. The number of urea groups is 1. The number of ether oxygens (including phenoxy) is 1. The van der Waals surface area contributed by atoms with Crippen LogP contribution in [0.25, 0.3) is 0 Å². The van der Waals surface area contributed by atoms with Gasteiger partial charge in [-0.05, 0) is 43.7 Å². The van der Waals surface area contributed by atoms with E-state index in [2.05, 4.69) is 15.5 Å². The fraction of sp³-hybridized carbons (Fsp3) is 0.450. The van der Waals surface area contributed by atoms with Crippen LogP contribution in [0.3, 0.4) is 0 Å². The van der Waals surface area contributed by atoms with Crippen LogP contribution in [-0.4, -0.2) is 43.8 Å². The van der Waals surface area contributed by atoms with Crippen molar-refractivity contribution in [1.82, 2.24) is 15.5 Å². The predicted octanol–water partition coefficient (Wildman–Crippen LogP) is 4.47. The lowest BCUT2D eigenvalue weighted by Crippen LogP contribution is -2.46. The highest BCUT2D eigenvalue weighted by atomic mass is 35.5. The highest BCUT2D eigenvalue weighted by Crippen LogP contribution is 2.28. The number of carbonyl (C=O) groups excluding carboxylic acids is 1. The number of hydrogen-bond donors (Lipinski definition) is 2. The van der Waals surface area contributed by atoms with E-state index >= 15 is 0 Å². The van der Waals surface area contributed by atoms with Gasteiger partial charge in [-0.25, -0.2) is 9.18 Å². The van der Waals surface area contributed by atoms with E-state index in [1.807, 2.05) is 19.1 Å². The van der Waals surface area contributed by atoms with Gasteiger partial charge in [0.05, 0.1) is 30.3 Å². The molecule has 1 aliphatic heterocycles. The molecule has 3 rings (SSSR count). The Morgan fingerprint density at radius 2 is 1.97 bits per heavy atom. The zero-order valence-corrected chi connectivity index (χ0v) is 17.8. The van der Waals surface area contributed by atoms with Crippen molar-refractivity contribution < 1.29 is 18.3 Å². The minimum Gasteiger partial charge on any atom is -0.465 e. The Morgan fingerprint density at radius 1 is 1.24 bits per heavy atom. The van der Waals surface area contributed by atoms with E-state index < -0.39 is 11.9 Å². The molecule has 1 aromatic heterocycles. The van der Waals surface area contributed by atoms with Crippen LogP contribution >= 0.6 is 23.2 Å². The first-order valence-electron chi connectivity index (χ1n) is 9.42. The summed E-state index contributed by atoms with van der Waals surface area (Å²) >= 11 is 11.9. The number of carbonyl (C=O) groups is 1. The Morgan fingerprint density at radius 3 is 2.62 bits per heavy atom. The molecule has 1 aliphatic rings. The van der Waals surface area contributed by atoms with Gasteiger partial charge >= 0.3 is 6.03 Å². The minimum atomic E-state index is -0.583. The fourth-order valence-electron chi connectivity index (χ4n) is 3.32. The lowest BCUT2D eigenvalue weighted by molar-refractivity contribution is 0.0121. The summed E-state index contributed by atoms with van der Waals surface area (Å²) in [7, 11) is 0. The number of amides is 2. The van der Waals surface area contributed by atoms with Crippen LogP contribution in [0.1, 0.15) is 36.1 Å². The first-order valence-corrected chi connectivity index (χ1v) is 10.2. The maximum absolute atomic E-state index is 13.8. The van der Waals surface area contributed by atoms with Gasteiger partial charge < -0.3 is 19.8 Å². The first-order chi connectivity index (χ1) is 13.8. The van der Waals surface area contributed by atoms with Crippen molar-refractivity contribution in [3.8, 4) is 0 Å². The molecule has 29 heavy (non-hydrogen) atoms. The third kappa shape index (κ3) is 5.63. The van der Waals surface area contributed by atoms with E-state index in [-0.39, 0.29) is 17.1 Å². The average Bonchev–Trinajstić information content (AvgIpc) is 3.11. The van der Waals surface area contributed by atoms with E-state index in [0.29, 0.717) is 30.3 Å². The summed E-state index contributed by atoms with van der Waals surface area (Å²) < 4.78 is 25.0. The van der Waals surface area contributed by atoms with Crippen molar-refractivity contribution in [1.29, 1.82) is 0 Å². The molecule has 1 saturated heterocycles. The number of benzene rings is 1. The van der Waals surface area contributed by atoms with Crippen molar-refractivity contribution in [2.45, 2.75) is 25.9 Å². The second-order valence-electron chi connectivity index (χ2n) is 6.98. The lowest BCUT2D eigenvalue weighted by atomic mass is 10.1. The Labute approximate surface area is 179 Å². The standard InChI is InChI=1S/C20H24Cl2FN3O3/c1-12-3-4-19(29-12)18(26-5-7-28-8-6-26)11-24-20(27)25-13(2)14-9-17(23)16(22)10-15(14)21/h3-4,9-10,13,18H,5-8,11H2,1-2H3,(H2,24,25,27). The smallest absolute Gasteiger partial charge is 0.315 e. The number of nitrogens with zero attached hydrogens (tertiary/aromatic N) is 1. The summed E-state index contributed by atoms with van der Waals surface area (Å²) in [5, 5.41) is 5.89. The van der Waals surface area contributed by atoms with Crippen molar-refractivity contribution in [2.24, 2.45) is 0 Å². The Hall–Kier alpha value is -1.80. The molecule has 9 heteroatoms. The molecule has 1 fully saturated rings.